The molecule has 144 valence electrons. The molecule has 0 aromatic heterocycles. The van der Waals surface area contributed by atoms with Crippen molar-refractivity contribution in [3.8, 4) is 0 Å². The number of anilines is 1. The molecule has 0 spiro atoms. The highest BCUT2D eigenvalue weighted by atomic mass is 32.2. The highest BCUT2D eigenvalue weighted by Crippen LogP contribution is 2.33. The molecule has 5 heteroatoms. The topological polar surface area (TPSA) is 32.8 Å². The molecule has 0 N–H and O–H groups in total. The minimum absolute atomic E-state index is 0.210. The Hall–Kier alpha value is -1.62. The van der Waals surface area contributed by atoms with Crippen LogP contribution in [0.15, 0.2) is 29.2 Å². The smallest absolute Gasteiger partial charge is 0.410 e. The Morgan fingerprint density at radius 2 is 1.92 bits per heavy atom. The zero-order chi connectivity index (χ0) is 19.2. The minimum Gasteiger partial charge on any atom is -0.444 e. The van der Waals surface area contributed by atoms with Gasteiger partial charge in [0, 0.05) is 42.3 Å². The normalized spacial score (nSPS) is 15.6. The van der Waals surface area contributed by atoms with E-state index < -0.39 is 5.60 Å². The monoisotopic (exact) mass is 376 g/mol. The second kappa shape index (κ2) is 9.36. The number of ether oxygens (including phenoxy) is 1. The first-order chi connectivity index (χ1) is 12.4. The number of nitrogens with zero attached hydrogens (tertiary/aromatic N) is 2. The summed E-state index contributed by atoms with van der Waals surface area (Å²) in [6.45, 7) is 13.0. The number of thioether (sulfide) groups is 1. The summed E-state index contributed by atoms with van der Waals surface area (Å²) in [7, 11) is 0. The van der Waals surface area contributed by atoms with Crippen LogP contribution in [0.5, 0.6) is 0 Å². The molecule has 1 heterocycles. The molecule has 0 atom stereocenters. The zero-order valence-corrected chi connectivity index (χ0v) is 17.6. The number of allylic oxidation sites excluding steroid dienone is 1. The molecule has 0 saturated carbocycles. The van der Waals surface area contributed by atoms with Crippen molar-refractivity contribution in [3.63, 3.8) is 0 Å². The maximum absolute atomic E-state index is 12.3. The summed E-state index contributed by atoms with van der Waals surface area (Å²) in [5, 5.41) is 0. The number of carbonyl (C=O) groups excluding carboxylic acids is 1. The Balaban J connectivity index is 2.10. The molecule has 0 aliphatic carbocycles. The van der Waals surface area contributed by atoms with Crippen molar-refractivity contribution < 1.29 is 9.53 Å². The lowest BCUT2D eigenvalue weighted by molar-refractivity contribution is 0.0240. The second-order valence-electron chi connectivity index (χ2n) is 7.49. The first-order valence-electron chi connectivity index (χ1n) is 9.47. The Labute approximate surface area is 162 Å². The molecule has 0 bridgehead atoms. The highest BCUT2D eigenvalue weighted by Gasteiger charge is 2.26. The van der Waals surface area contributed by atoms with Crippen LogP contribution in [0.4, 0.5) is 10.5 Å². The summed E-state index contributed by atoms with van der Waals surface area (Å²) in [5.74, 6) is 1.13. The molecule has 26 heavy (non-hydrogen) atoms. The molecule has 1 aliphatic rings. The first-order valence-corrected chi connectivity index (χ1v) is 10.5. The van der Waals surface area contributed by atoms with Gasteiger partial charge in [-0.3, -0.25) is 0 Å². The lowest BCUT2D eigenvalue weighted by Gasteiger charge is -2.37. The molecule has 4 nitrogen and oxygen atoms in total. The van der Waals surface area contributed by atoms with E-state index in [4.69, 9.17) is 4.74 Å². The molecule has 1 saturated heterocycles. The minimum atomic E-state index is -0.446. The van der Waals surface area contributed by atoms with Crippen LogP contribution in [0, 0.1) is 0 Å². The number of carbonyl (C=O) groups is 1. The van der Waals surface area contributed by atoms with Crippen molar-refractivity contribution in [2.24, 2.45) is 0 Å². The third kappa shape index (κ3) is 5.70. The highest BCUT2D eigenvalue weighted by molar-refractivity contribution is 7.99. The van der Waals surface area contributed by atoms with Crippen LogP contribution >= 0.6 is 11.8 Å². The van der Waals surface area contributed by atoms with Crippen molar-refractivity contribution in [3.05, 3.63) is 29.8 Å². The summed E-state index contributed by atoms with van der Waals surface area (Å²) in [5.41, 5.74) is 2.10. The zero-order valence-electron chi connectivity index (χ0n) is 16.7. The first kappa shape index (κ1) is 20.7. The summed E-state index contributed by atoms with van der Waals surface area (Å²) < 4.78 is 5.50. The molecule has 1 aromatic carbocycles. The molecule has 1 aliphatic heterocycles. The van der Waals surface area contributed by atoms with Crippen LogP contribution < -0.4 is 4.90 Å². The fourth-order valence-corrected chi connectivity index (χ4v) is 3.86. The number of amides is 1. The van der Waals surface area contributed by atoms with Gasteiger partial charge in [-0.05, 0) is 52.0 Å². The molecule has 1 aromatic rings. The van der Waals surface area contributed by atoms with Gasteiger partial charge in [-0.2, -0.15) is 0 Å². The van der Waals surface area contributed by atoms with E-state index in [2.05, 4.69) is 49.1 Å². The fraction of sp³-hybridized carbons (Fsp3) is 0.571. The van der Waals surface area contributed by atoms with E-state index in [-0.39, 0.29) is 6.09 Å². The third-order valence-electron chi connectivity index (χ3n) is 4.11. The van der Waals surface area contributed by atoms with Crippen LogP contribution in [0.25, 0.3) is 6.08 Å². The van der Waals surface area contributed by atoms with E-state index >= 15 is 0 Å². The summed E-state index contributed by atoms with van der Waals surface area (Å²) in [4.78, 5) is 17.8. The van der Waals surface area contributed by atoms with Crippen LogP contribution in [-0.4, -0.2) is 48.5 Å². The van der Waals surface area contributed by atoms with E-state index in [1.807, 2.05) is 37.4 Å². The average molecular weight is 377 g/mol. The standard InChI is InChI=1S/C21H32N2O2S/c1-6-9-17-18(10-8-11-19(17)26-16-7-2)22-12-14-23(15-13-22)20(24)25-21(3,4)5/h6,8-11H,7,12-16H2,1-5H3. The van der Waals surface area contributed by atoms with Gasteiger partial charge in [-0.1, -0.05) is 25.1 Å². The van der Waals surface area contributed by atoms with Crippen LogP contribution in [0.3, 0.4) is 0 Å². The average Bonchev–Trinajstić information content (AvgIpc) is 2.59. The number of hydrogen-bond donors (Lipinski definition) is 0. The van der Waals surface area contributed by atoms with Gasteiger partial charge in [-0.15, -0.1) is 11.8 Å². The van der Waals surface area contributed by atoms with Gasteiger partial charge >= 0.3 is 6.09 Å². The third-order valence-corrected chi connectivity index (χ3v) is 5.39. The van der Waals surface area contributed by atoms with Gasteiger partial charge in [0.25, 0.3) is 0 Å². The number of hydrogen-bond acceptors (Lipinski definition) is 4. The van der Waals surface area contributed by atoms with E-state index in [0.29, 0.717) is 13.1 Å². The van der Waals surface area contributed by atoms with Gasteiger partial charge in [0.1, 0.15) is 5.60 Å². The summed E-state index contributed by atoms with van der Waals surface area (Å²) in [6.07, 6.45) is 5.26. The van der Waals surface area contributed by atoms with Crippen molar-refractivity contribution in [2.45, 2.75) is 51.5 Å². The Bertz CT molecular complexity index is 629. The number of piperazine rings is 1. The molecule has 0 radical (unpaired) electrons. The van der Waals surface area contributed by atoms with E-state index in [1.165, 1.54) is 22.6 Å². The van der Waals surface area contributed by atoms with Crippen LogP contribution in [0.2, 0.25) is 0 Å². The van der Waals surface area contributed by atoms with Crippen molar-refractivity contribution in [2.75, 3.05) is 36.8 Å². The van der Waals surface area contributed by atoms with Gasteiger partial charge in [0.2, 0.25) is 0 Å². The Morgan fingerprint density at radius 1 is 1.23 bits per heavy atom. The largest absolute Gasteiger partial charge is 0.444 e. The quantitative estimate of drug-likeness (QED) is 0.655. The molecule has 1 fully saturated rings. The SMILES string of the molecule is CC=Cc1c(SCCC)cccc1N1CCN(C(=O)OC(C)(C)C)CC1. The molecular weight excluding hydrogens is 344 g/mol. The summed E-state index contributed by atoms with van der Waals surface area (Å²) in [6, 6.07) is 6.53. The number of rotatable bonds is 5. The lowest BCUT2D eigenvalue weighted by atomic mass is 10.1. The Kier molecular flexibility index (Phi) is 7.44. The van der Waals surface area contributed by atoms with Crippen molar-refractivity contribution in [1.82, 2.24) is 4.90 Å². The number of benzene rings is 1. The maximum Gasteiger partial charge on any atom is 0.410 e. The van der Waals surface area contributed by atoms with E-state index in [9.17, 15) is 4.79 Å². The summed E-state index contributed by atoms with van der Waals surface area (Å²) >= 11 is 1.91. The lowest BCUT2D eigenvalue weighted by Crippen LogP contribution is -2.50. The van der Waals surface area contributed by atoms with E-state index in [0.717, 1.165) is 18.8 Å². The molecule has 1 amide bonds. The van der Waals surface area contributed by atoms with E-state index in [1.54, 1.807) is 0 Å². The molecule has 0 unspecified atom stereocenters. The predicted molar refractivity (Wildman–Crippen MR) is 112 cm³/mol. The van der Waals surface area contributed by atoms with Crippen molar-refractivity contribution >= 4 is 29.6 Å². The predicted octanol–water partition coefficient (Wildman–Crippen LogP) is 5.28. The maximum atomic E-state index is 12.3. The van der Waals surface area contributed by atoms with Gasteiger partial charge < -0.3 is 14.5 Å². The van der Waals surface area contributed by atoms with Gasteiger partial charge in [-0.25, -0.2) is 4.79 Å². The molecule has 2 rings (SSSR count). The van der Waals surface area contributed by atoms with Crippen molar-refractivity contribution in [1.29, 1.82) is 0 Å². The van der Waals surface area contributed by atoms with Crippen LogP contribution in [-0.2, 0) is 4.74 Å². The fourth-order valence-electron chi connectivity index (χ4n) is 2.94. The van der Waals surface area contributed by atoms with Gasteiger partial charge in [0.15, 0.2) is 0 Å². The Morgan fingerprint density at radius 3 is 2.50 bits per heavy atom. The van der Waals surface area contributed by atoms with Crippen LogP contribution in [0.1, 0.15) is 46.6 Å². The molecular formula is C21H32N2O2S. The second-order valence-corrected chi connectivity index (χ2v) is 8.63. The van der Waals surface area contributed by atoms with Gasteiger partial charge in [0.05, 0.1) is 0 Å².